The van der Waals surface area contributed by atoms with Crippen molar-refractivity contribution in [2.75, 3.05) is 7.11 Å². The molecule has 0 saturated heterocycles. The van der Waals surface area contributed by atoms with Crippen molar-refractivity contribution in [3.05, 3.63) is 71.9 Å². The van der Waals surface area contributed by atoms with Crippen LogP contribution in [0.3, 0.4) is 0 Å². The summed E-state index contributed by atoms with van der Waals surface area (Å²) in [6, 6.07) is 18.8. The van der Waals surface area contributed by atoms with Gasteiger partial charge in [-0.1, -0.05) is 35.5 Å². The topological polar surface area (TPSA) is 77.5 Å². The van der Waals surface area contributed by atoms with E-state index in [1.807, 2.05) is 54.6 Å². The summed E-state index contributed by atoms with van der Waals surface area (Å²) in [5.74, 6) is 1.82. The number of hydrogen-bond donors (Lipinski definition) is 1. The summed E-state index contributed by atoms with van der Waals surface area (Å²) in [6.45, 7) is 0.290. The van der Waals surface area contributed by atoms with Crippen LogP contribution in [0.1, 0.15) is 11.3 Å². The molecule has 0 saturated carbocycles. The van der Waals surface area contributed by atoms with Gasteiger partial charge in [-0.2, -0.15) is 0 Å². The lowest BCUT2D eigenvalue weighted by molar-refractivity contribution is -0.120. The molecule has 4 rings (SSSR count). The van der Waals surface area contributed by atoms with Crippen molar-refractivity contribution in [1.82, 2.24) is 10.5 Å². The zero-order valence-electron chi connectivity index (χ0n) is 14.8. The van der Waals surface area contributed by atoms with Gasteiger partial charge in [-0.05, 0) is 29.8 Å². The van der Waals surface area contributed by atoms with Crippen LogP contribution in [0.25, 0.3) is 22.5 Å². The molecule has 2 heterocycles. The van der Waals surface area contributed by atoms with E-state index in [0.29, 0.717) is 23.8 Å². The largest absolute Gasteiger partial charge is 0.497 e. The standard InChI is InChI=1S/C21H18N2O4/c1-25-17-8-6-14(7-9-17)10-21(24)22-13-16-12-20(27-23-16)19-11-15-4-2-3-5-18(15)26-19/h2-9,11-12H,10,13H2,1H3,(H,22,24). The number of hydrogen-bond acceptors (Lipinski definition) is 5. The highest BCUT2D eigenvalue weighted by atomic mass is 16.5. The first-order chi connectivity index (χ1) is 13.2. The molecule has 0 aliphatic carbocycles. The van der Waals surface area contributed by atoms with Crippen molar-refractivity contribution in [1.29, 1.82) is 0 Å². The fourth-order valence-corrected chi connectivity index (χ4v) is 2.79. The predicted molar refractivity (Wildman–Crippen MR) is 100 cm³/mol. The highest BCUT2D eigenvalue weighted by Crippen LogP contribution is 2.28. The van der Waals surface area contributed by atoms with Crippen molar-refractivity contribution < 1.29 is 18.5 Å². The Balaban J connectivity index is 1.36. The fourth-order valence-electron chi connectivity index (χ4n) is 2.79. The molecule has 0 atom stereocenters. The Bertz CT molecular complexity index is 1030. The summed E-state index contributed by atoms with van der Waals surface area (Å²) in [6.07, 6.45) is 0.290. The Kier molecular flexibility index (Phi) is 4.61. The maximum atomic E-state index is 12.1. The molecule has 0 spiro atoms. The molecule has 0 unspecified atom stereocenters. The Morgan fingerprint density at radius 1 is 1.07 bits per heavy atom. The highest BCUT2D eigenvalue weighted by molar-refractivity contribution is 5.82. The third-order valence-corrected chi connectivity index (χ3v) is 4.22. The Morgan fingerprint density at radius 3 is 2.67 bits per heavy atom. The zero-order valence-corrected chi connectivity index (χ0v) is 14.8. The number of rotatable bonds is 6. The van der Waals surface area contributed by atoms with Gasteiger partial charge in [-0.25, -0.2) is 0 Å². The van der Waals surface area contributed by atoms with E-state index in [2.05, 4.69) is 10.5 Å². The summed E-state index contributed by atoms with van der Waals surface area (Å²) in [7, 11) is 1.61. The number of nitrogens with one attached hydrogen (secondary N) is 1. The minimum absolute atomic E-state index is 0.0894. The van der Waals surface area contributed by atoms with Crippen LogP contribution in [0, 0.1) is 0 Å². The SMILES string of the molecule is COc1ccc(CC(=O)NCc2cc(-c3cc4ccccc4o3)on2)cc1. The predicted octanol–water partition coefficient (Wildman–Crippen LogP) is 3.96. The molecular weight excluding hydrogens is 344 g/mol. The van der Waals surface area contributed by atoms with Gasteiger partial charge in [-0.3, -0.25) is 4.79 Å². The van der Waals surface area contributed by atoms with Gasteiger partial charge in [0.1, 0.15) is 17.0 Å². The van der Waals surface area contributed by atoms with Crippen molar-refractivity contribution in [2.24, 2.45) is 0 Å². The maximum Gasteiger partial charge on any atom is 0.224 e. The number of benzene rings is 2. The van der Waals surface area contributed by atoms with Gasteiger partial charge >= 0.3 is 0 Å². The second-order valence-corrected chi connectivity index (χ2v) is 6.13. The quantitative estimate of drug-likeness (QED) is 0.562. The van der Waals surface area contributed by atoms with E-state index in [9.17, 15) is 4.79 Å². The smallest absolute Gasteiger partial charge is 0.224 e. The van der Waals surface area contributed by atoms with Crippen molar-refractivity contribution in [3.63, 3.8) is 0 Å². The number of carbonyl (C=O) groups excluding carboxylic acids is 1. The first-order valence-corrected chi connectivity index (χ1v) is 8.55. The summed E-state index contributed by atoms with van der Waals surface area (Å²) in [5, 5.41) is 7.84. The van der Waals surface area contributed by atoms with Crippen LogP contribution in [0.4, 0.5) is 0 Å². The molecule has 0 radical (unpaired) electrons. The van der Waals surface area contributed by atoms with Gasteiger partial charge in [0.25, 0.3) is 0 Å². The number of aromatic nitrogens is 1. The van der Waals surface area contributed by atoms with E-state index in [1.54, 1.807) is 13.2 Å². The van der Waals surface area contributed by atoms with E-state index in [1.165, 1.54) is 0 Å². The van der Waals surface area contributed by atoms with Gasteiger partial charge in [0, 0.05) is 11.5 Å². The van der Waals surface area contributed by atoms with Gasteiger partial charge in [0.05, 0.1) is 20.1 Å². The molecule has 0 aliphatic rings. The monoisotopic (exact) mass is 362 g/mol. The second kappa shape index (κ2) is 7.37. The van der Waals surface area contributed by atoms with Gasteiger partial charge in [0.15, 0.2) is 5.76 Å². The van der Waals surface area contributed by atoms with Crippen LogP contribution in [0.5, 0.6) is 5.75 Å². The van der Waals surface area contributed by atoms with E-state index >= 15 is 0 Å². The second-order valence-electron chi connectivity index (χ2n) is 6.13. The van der Waals surface area contributed by atoms with E-state index in [0.717, 1.165) is 22.3 Å². The molecule has 136 valence electrons. The Hall–Kier alpha value is -3.54. The van der Waals surface area contributed by atoms with Crippen LogP contribution in [-0.2, 0) is 17.8 Å². The Morgan fingerprint density at radius 2 is 1.89 bits per heavy atom. The number of carbonyl (C=O) groups is 1. The van der Waals surface area contributed by atoms with Crippen molar-refractivity contribution in [2.45, 2.75) is 13.0 Å². The summed E-state index contributed by atoms with van der Waals surface area (Å²) in [5.41, 5.74) is 2.34. The van der Waals surface area contributed by atoms with Gasteiger partial charge in [-0.15, -0.1) is 0 Å². The first-order valence-electron chi connectivity index (χ1n) is 8.55. The lowest BCUT2D eigenvalue weighted by atomic mass is 10.1. The maximum absolute atomic E-state index is 12.1. The van der Waals surface area contributed by atoms with E-state index in [4.69, 9.17) is 13.7 Å². The van der Waals surface area contributed by atoms with Crippen LogP contribution < -0.4 is 10.1 Å². The summed E-state index contributed by atoms with van der Waals surface area (Å²) >= 11 is 0. The first kappa shape index (κ1) is 16.9. The van der Waals surface area contributed by atoms with Crippen molar-refractivity contribution in [3.8, 4) is 17.3 Å². The minimum Gasteiger partial charge on any atom is -0.497 e. The molecule has 6 nitrogen and oxygen atoms in total. The lowest BCUT2D eigenvalue weighted by Gasteiger charge is -2.04. The molecule has 0 bridgehead atoms. The van der Waals surface area contributed by atoms with E-state index < -0.39 is 0 Å². The highest BCUT2D eigenvalue weighted by Gasteiger charge is 2.12. The number of para-hydroxylation sites is 1. The number of fused-ring (bicyclic) bond motifs is 1. The number of furan rings is 1. The fraction of sp³-hybridized carbons (Fsp3) is 0.143. The molecule has 1 amide bonds. The third-order valence-electron chi connectivity index (χ3n) is 4.22. The molecule has 6 heteroatoms. The zero-order chi connectivity index (χ0) is 18.6. The molecule has 1 N–H and O–H groups in total. The van der Waals surface area contributed by atoms with Crippen molar-refractivity contribution >= 4 is 16.9 Å². The van der Waals surface area contributed by atoms with Crippen LogP contribution in [0.2, 0.25) is 0 Å². The molecule has 4 aromatic rings. The normalized spacial score (nSPS) is 10.9. The lowest BCUT2D eigenvalue weighted by Crippen LogP contribution is -2.24. The number of methoxy groups -OCH3 is 1. The number of amides is 1. The van der Waals surface area contributed by atoms with Crippen LogP contribution >= 0.6 is 0 Å². The third kappa shape index (κ3) is 3.84. The number of nitrogens with zero attached hydrogens (tertiary/aromatic N) is 1. The molecule has 0 aliphatic heterocycles. The van der Waals surface area contributed by atoms with Crippen LogP contribution in [0.15, 0.2) is 69.6 Å². The average Bonchev–Trinajstić information content (AvgIpc) is 3.33. The molecule has 2 aromatic carbocycles. The molecule has 2 aromatic heterocycles. The minimum atomic E-state index is -0.0894. The van der Waals surface area contributed by atoms with Crippen LogP contribution in [-0.4, -0.2) is 18.2 Å². The average molecular weight is 362 g/mol. The Labute approximate surface area is 155 Å². The van der Waals surface area contributed by atoms with Gasteiger partial charge < -0.3 is 19.0 Å². The molecule has 0 fully saturated rings. The molecular formula is C21H18N2O4. The number of ether oxygens (including phenoxy) is 1. The van der Waals surface area contributed by atoms with Gasteiger partial charge in [0.2, 0.25) is 11.7 Å². The molecule has 27 heavy (non-hydrogen) atoms. The summed E-state index contributed by atoms with van der Waals surface area (Å²) < 4.78 is 16.2. The summed E-state index contributed by atoms with van der Waals surface area (Å²) in [4.78, 5) is 12.1. The van der Waals surface area contributed by atoms with E-state index in [-0.39, 0.29) is 12.3 Å².